The molecule has 0 spiro atoms. The Bertz CT molecular complexity index is 621. The van der Waals surface area contributed by atoms with Crippen molar-refractivity contribution in [2.45, 2.75) is 32.2 Å². The van der Waals surface area contributed by atoms with E-state index in [0.29, 0.717) is 30.8 Å². The molecule has 0 radical (unpaired) electrons. The molecule has 1 atom stereocenters. The summed E-state index contributed by atoms with van der Waals surface area (Å²) in [6, 6.07) is 4.70. The highest BCUT2D eigenvalue weighted by Gasteiger charge is 2.30. The molecule has 0 saturated heterocycles. The van der Waals surface area contributed by atoms with Crippen LogP contribution < -0.4 is 0 Å². The summed E-state index contributed by atoms with van der Waals surface area (Å²) < 4.78 is 42.9. The molecule has 0 fully saturated rings. The molecule has 7 heteroatoms. The van der Waals surface area contributed by atoms with Gasteiger partial charge < -0.3 is 14.4 Å². The second kappa shape index (κ2) is 7.14. The summed E-state index contributed by atoms with van der Waals surface area (Å²) in [5.74, 6) is 0.289. The van der Waals surface area contributed by atoms with Gasteiger partial charge in [0.15, 0.2) is 0 Å². The van der Waals surface area contributed by atoms with Crippen molar-refractivity contribution in [1.82, 2.24) is 9.88 Å². The number of hydrogen-bond acceptors (Lipinski definition) is 4. The van der Waals surface area contributed by atoms with Crippen molar-refractivity contribution < 1.29 is 22.7 Å². The first-order chi connectivity index (χ1) is 10.8. The summed E-state index contributed by atoms with van der Waals surface area (Å²) in [4.78, 5) is 6.27. The lowest BCUT2D eigenvalue weighted by atomic mass is 10.1. The second-order valence-corrected chi connectivity index (χ2v) is 5.59. The summed E-state index contributed by atoms with van der Waals surface area (Å²) in [7, 11) is 1.90. The van der Waals surface area contributed by atoms with Gasteiger partial charge in [-0.1, -0.05) is 0 Å². The molecular formula is C16H19F3N2O2. The lowest BCUT2D eigenvalue weighted by Gasteiger charge is -2.15. The molecule has 0 aliphatic carbocycles. The maximum atomic E-state index is 12.5. The molecule has 2 rings (SSSR count). The van der Waals surface area contributed by atoms with Gasteiger partial charge in [0.25, 0.3) is 0 Å². The molecule has 1 aromatic carbocycles. The first-order valence-electron chi connectivity index (χ1n) is 7.24. The number of halogens is 3. The van der Waals surface area contributed by atoms with Gasteiger partial charge in [0.05, 0.1) is 17.4 Å². The quantitative estimate of drug-likeness (QED) is 0.881. The fourth-order valence-corrected chi connectivity index (χ4v) is 2.08. The van der Waals surface area contributed by atoms with E-state index in [-0.39, 0.29) is 12.0 Å². The Morgan fingerprint density at radius 1 is 1.26 bits per heavy atom. The van der Waals surface area contributed by atoms with E-state index in [1.54, 1.807) is 6.92 Å². The van der Waals surface area contributed by atoms with Crippen LogP contribution >= 0.6 is 0 Å². The van der Waals surface area contributed by atoms with Crippen LogP contribution in [0, 0.1) is 0 Å². The number of rotatable bonds is 6. The number of hydrogen-bond donors (Lipinski definition) is 1. The van der Waals surface area contributed by atoms with Crippen molar-refractivity contribution >= 4 is 0 Å². The highest BCUT2D eigenvalue weighted by atomic mass is 19.4. The molecule has 0 saturated carbocycles. The van der Waals surface area contributed by atoms with Gasteiger partial charge in [0.2, 0.25) is 5.89 Å². The maximum absolute atomic E-state index is 12.5. The SMILES string of the molecule is CC(O)CCN(C)Cc1coc(-c2ccc(C(F)(F)F)cc2)n1. The van der Waals surface area contributed by atoms with Crippen molar-refractivity contribution in [3.8, 4) is 11.5 Å². The number of aliphatic hydroxyl groups excluding tert-OH is 1. The number of nitrogens with zero attached hydrogens (tertiary/aromatic N) is 2. The van der Waals surface area contributed by atoms with Crippen LogP contribution in [0.4, 0.5) is 13.2 Å². The predicted octanol–water partition coefficient (Wildman–Crippen LogP) is 3.56. The summed E-state index contributed by atoms with van der Waals surface area (Å²) in [6.07, 6.45) is -2.57. The summed E-state index contributed by atoms with van der Waals surface area (Å²) >= 11 is 0. The molecule has 0 aliphatic heterocycles. The van der Waals surface area contributed by atoms with Crippen molar-refractivity contribution in [2.24, 2.45) is 0 Å². The molecule has 23 heavy (non-hydrogen) atoms. The average Bonchev–Trinajstić information content (AvgIpc) is 2.93. The predicted molar refractivity (Wildman–Crippen MR) is 79.6 cm³/mol. The van der Waals surface area contributed by atoms with Gasteiger partial charge in [-0.25, -0.2) is 4.98 Å². The van der Waals surface area contributed by atoms with E-state index in [1.807, 2.05) is 11.9 Å². The minimum atomic E-state index is -4.35. The molecule has 1 aromatic heterocycles. The Hall–Kier alpha value is -1.86. The first kappa shape index (κ1) is 17.5. The van der Waals surface area contributed by atoms with Crippen LogP contribution in [0.25, 0.3) is 11.5 Å². The Morgan fingerprint density at radius 2 is 1.91 bits per heavy atom. The van der Waals surface area contributed by atoms with Crippen molar-refractivity contribution in [2.75, 3.05) is 13.6 Å². The minimum Gasteiger partial charge on any atom is -0.444 e. The summed E-state index contributed by atoms with van der Waals surface area (Å²) in [5, 5.41) is 9.26. The Kier molecular flexibility index (Phi) is 5.43. The van der Waals surface area contributed by atoms with Crippen LogP contribution in [0.1, 0.15) is 24.6 Å². The van der Waals surface area contributed by atoms with Crippen LogP contribution in [0.2, 0.25) is 0 Å². The van der Waals surface area contributed by atoms with Gasteiger partial charge in [0.1, 0.15) is 6.26 Å². The highest BCUT2D eigenvalue weighted by molar-refractivity contribution is 5.53. The molecule has 0 bridgehead atoms. The molecule has 1 heterocycles. The van der Waals surface area contributed by atoms with Gasteiger partial charge in [-0.3, -0.25) is 0 Å². The van der Waals surface area contributed by atoms with Gasteiger partial charge in [-0.2, -0.15) is 13.2 Å². The zero-order chi connectivity index (χ0) is 17.0. The zero-order valence-corrected chi connectivity index (χ0v) is 13.0. The Labute approximate surface area is 132 Å². The number of benzene rings is 1. The molecule has 1 N–H and O–H groups in total. The lowest BCUT2D eigenvalue weighted by Crippen LogP contribution is -2.22. The Morgan fingerprint density at radius 3 is 2.48 bits per heavy atom. The van der Waals surface area contributed by atoms with Crippen LogP contribution in [-0.2, 0) is 12.7 Å². The van der Waals surface area contributed by atoms with E-state index < -0.39 is 11.7 Å². The molecule has 4 nitrogen and oxygen atoms in total. The molecule has 0 amide bonds. The monoisotopic (exact) mass is 328 g/mol. The van der Waals surface area contributed by atoms with Gasteiger partial charge in [-0.15, -0.1) is 0 Å². The van der Waals surface area contributed by atoms with Crippen molar-refractivity contribution in [3.05, 3.63) is 41.8 Å². The normalized spacial score (nSPS) is 13.5. The third-order valence-electron chi connectivity index (χ3n) is 3.37. The summed E-state index contributed by atoms with van der Waals surface area (Å²) in [6.45, 7) is 2.98. The van der Waals surface area contributed by atoms with E-state index in [4.69, 9.17) is 4.42 Å². The molecule has 2 aromatic rings. The van der Waals surface area contributed by atoms with Crippen LogP contribution in [0.3, 0.4) is 0 Å². The molecule has 126 valence electrons. The largest absolute Gasteiger partial charge is 0.444 e. The Balaban J connectivity index is 2.01. The molecule has 0 aliphatic rings. The van der Waals surface area contributed by atoms with Gasteiger partial charge in [0, 0.05) is 18.7 Å². The standard InChI is InChI=1S/C16H19F3N2O2/c1-11(22)7-8-21(2)9-14-10-23-15(20-14)12-3-5-13(6-4-12)16(17,18)19/h3-6,10-11,22H,7-9H2,1-2H3. The van der Waals surface area contributed by atoms with E-state index >= 15 is 0 Å². The van der Waals surface area contributed by atoms with E-state index in [2.05, 4.69) is 4.98 Å². The third kappa shape index (κ3) is 5.07. The summed E-state index contributed by atoms with van der Waals surface area (Å²) in [5.41, 5.74) is 0.481. The van der Waals surface area contributed by atoms with E-state index in [9.17, 15) is 18.3 Å². The molecule has 1 unspecified atom stereocenters. The van der Waals surface area contributed by atoms with Gasteiger partial charge in [-0.05, 0) is 44.7 Å². The van der Waals surface area contributed by atoms with Crippen LogP contribution in [-0.4, -0.2) is 34.7 Å². The fraction of sp³-hybridized carbons (Fsp3) is 0.438. The van der Waals surface area contributed by atoms with E-state index in [0.717, 1.165) is 12.1 Å². The van der Waals surface area contributed by atoms with Crippen molar-refractivity contribution in [1.29, 1.82) is 0 Å². The molecular weight excluding hydrogens is 309 g/mol. The average molecular weight is 328 g/mol. The third-order valence-corrected chi connectivity index (χ3v) is 3.37. The van der Waals surface area contributed by atoms with Crippen LogP contribution in [0.15, 0.2) is 34.9 Å². The second-order valence-electron chi connectivity index (χ2n) is 5.59. The number of aliphatic hydroxyl groups is 1. The number of alkyl halides is 3. The van der Waals surface area contributed by atoms with Crippen molar-refractivity contribution in [3.63, 3.8) is 0 Å². The highest BCUT2D eigenvalue weighted by Crippen LogP contribution is 2.30. The topological polar surface area (TPSA) is 49.5 Å². The fourth-order valence-electron chi connectivity index (χ4n) is 2.08. The maximum Gasteiger partial charge on any atom is 0.416 e. The number of oxazole rings is 1. The lowest BCUT2D eigenvalue weighted by molar-refractivity contribution is -0.137. The first-order valence-corrected chi connectivity index (χ1v) is 7.24. The minimum absolute atomic E-state index is 0.289. The van der Waals surface area contributed by atoms with E-state index in [1.165, 1.54) is 18.4 Å². The smallest absolute Gasteiger partial charge is 0.416 e. The van der Waals surface area contributed by atoms with Gasteiger partial charge >= 0.3 is 6.18 Å². The van der Waals surface area contributed by atoms with Crippen LogP contribution in [0.5, 0.6) is 0 Å². The number of aromatic nitrogens is 1. The zero-order valence-electron chi connectivity index (χ0n) is 13.0.